The summed E-state index contributed by atoms with van der Waals surface area (Å²) in [6.45, 7) is 3.92. The van der Waals surface area contributed by atoms with Crippen LogP contribution in [0.4, 0.5) is 0 Å². The number of Topliss-reactive ketones (excluding diaryl/α,β-unsaturated/α-hetero) is 1. The van der Waals surface area contributed by atoms with Crippen molar-refractivity contribution in [3.8, 4) is 0 Å². The van der Waals surface area contributed by atoms with Crippen LogP contribution in [0.5, 0.6) is 0 Å². The Kier molecular flexibility index (Phi) is 2.39. The first-order valence-electron chi connectivity index (χ1n) is 5.13. The molecule has 0 amide bonds. The molecular formula is C10H18N2O. The van der Waals surface area contributed by atoms with Crippen molar-refractivity contribution >= 4 is 5.78 Å². The second kappa shape index (κ2) is 3.39. The average Bonchev–Trinajstić information content (AvgIpc) is 2.45. The van der Waals surface area contributed by atoms with Crippen LogP contribution in [0, 0.1) is 5.92 Å². The molecule has 3 nitrogen and oxygen atoms in total. The zero-order valence-electron chi connectivity index (χ0n) is 8.42. The molecule has 0 spiro atoms. The van der Waals surface area contributed by atoms with Gasteiger partial charge in [0.2, 0.25) is 0 Å². The fourth-order valence-electron chi connectivity index (χ4n) is 2.82. The lowest BCUT2D eigenvalue weighted by Crippen LogP contribution is -2.44. The van der Waals surface area contributed by atoms with Crippen molar-refractivity contribution in [2.45, 2.75) is 31.8 Å². The molecule has 0 bridgehead atoms. The van der Waals surface area contributed by atoms with Crippen LogP contribution in [0.1, 0.15) is 19.8 Å². The Morgan fingerprint density at radius 3 is 2.92 bits per heavy atom. The number of nitrogens with one attached hydrogen (secondary N) is 1. The molecule has 0 aromatic heterocycles. The van der Waals surface area contributed by atoms with Crippen molar-refractivity contribution in [2.75, 3.05) is 20.1 Å². The van der Waals surface area contributed by atoms with E-state index in [-0.39, 0.29) is 6.04 Å². The van der Waals surface area contributed by atoms with Gasteiger partial charge >= 0.3 is 0 Å². The van der Waals surface area contributed by atoms with Gasteiger partial charge in [-0.3, -0.25) is 9.69 Å². The van der Waals surface area contributed by atoms with Gasteiger partial charge < -0.3 is 5.32 Å². The van der Waals surface area contributed by atoms with Gasteiger partial charge in [-0.1, -0.05) is 0 Å². The van der Waals surface area contributed by atoms with Crippen LogP contribution >= 0.6 is 0 Å². The summed E-state index contributed by atoms with van der Waals surface area (Å²) in [5, 5.41) is 3.40. The van der Waals surface area contributed by atoms with Crippen LogP contribution in [-0.2, 0) is 4.79 Å². The standard InChI is InChI=1S/C10H18N2O/c1-7(13)10-5-8-6-11-4-3-9(8)12(10)2/h8-11H,3-6H2,1-2H3. The van der Waals surface area contributed by atoms with Gasteiger partial charge in [0.05, 0.1) is 6.04 Å². The summed E-state index contributed by atoms with van der Waals surface area (Å²) in [6.07, 6.45) is 2.26. The first-order chi connectivity index (χ1) is 6.20. The molecule has 2 saturated heterocycles. The van der Waals surface area contributed by atoms with E-state index in [9.17, 15) is 4.79 Å². The summed E-state index contributed by atoms with van der Waals surface area (Å²) < 4.78 is 0. The molecule has 2 heterocycles. The minimum Gasteiger partial charge on any atom is -0.316 e. The summed E-state index contributed by atoms with van der Waals surface area (Å²) in [5.74, 6) is 1.03. The van der Waals surface area contributed by atoms with Crippen LogP contribution < -0.4 is 5.32 Å². The molecule has 0 saturated carbocycles. The molecule has 0 aromatic carbocycles. The highest BCUT2D eigenvalue weighted by atomic mass is 16.1. The highest BCUT2D eigenvalue weighted by molar-refractivity contribution is 5.81. The Hall–Kier alpha value is -0.410. The number of hydrogen-bond donors (Lipinski definition) is 1. The van der Waals surface area contributed by atoms with Crippen LogP contribution in [0.25, 0.3) is 0 Å². The lowest BCUT2D eigenvalue weighted by Gasteiger charge is -2.30. The molecular weight excluding hydrogens is 164 g/mol. The molecule has 2 fully saturated rings. The summed E-state index contributed by atoms with van der Waals surface area (Å²) in [7, 11) is 2.10. The minimum atomic E-state index is 0.190. The van der Waals surface area contributed by atoms with E-state index in [0.717, 1.165) is 19.5 Å². The van der Waals surface area contributed by atoms with Gasteiger partial charge in [-0.15, -0.1) is 0 Å². The molecule has 0 radical (unpaired) electrons. The second-order valence-corrected chi connectivity index (χ2v) is 4.35. The molecule has 13 heavy (non-hydrogen) atoms. The van der Waals surface area contributed by atoms with Gasteiger partial charge in [-0.2, -0.15) is 0 Å². The molecule has 1 N–H and O–H groups in total. The summed E-state index contributed by atoms with van der Waals surface area (Å²) in [4.78, 5) is 13.6. The zero-order chi connectivity index (χ0) is 9.42. The third-order valence-electron chi connectivity index (χ3n) is 3.58. The Balaban J connectivity index is 2.09. The smallest absolute Gasteiger partial charge is 0.146 e. The average molecular weight is 182 g/mol. The molecule has 2 rings (SSSR count). The molecule has 0 aromatic rings. The molecule has 3 heteroatoms. The Morgan fingerprint density at radius 2 is 2.31 bits per heavy atom. The number of carbonyl (C=O) groups is 1. The maximum absolute atomic E-state index is 11.3. The minimum absolute atomic E-state index is 0.190. The monoisotopic (exact) mass is 182 g/mol. The number of likely N-dealkylation sites (N-methyl/N-ethyl adjacent to an activating group) is 1. The topological polar surface area (TPSA) is 32.3 Å². The number of piperidine rings is 1. The lowest BCUT2D eigenvalue weighted by atomic mass is 9.93. The van der Waals surface area contributed by atoms with E-state index >= 15 is 0 Å². The van der Waals surface area contributed by atoms with Crippen molar-refractivity contribution in [1.82, 2.24) is 10.2 Å². The van der Waals surface area contributed by atoms with E-state index in [4.69, 9.17) is 0 Å². The van der Waals surface area contributed by atoms with Gasteiger partial charge in [0.1, 0.15) is 5.78 Å². The lowest BCUT2D eigenvalue weighted by molar-refractivity contribution is -0.121. The van der Waals surface area contributed by atoms with E-state index in [1.807, 2.05) is 0 Å². The fourth-order valence-corrected chi connectivity index (χ4v) is 2.82. The summed E-state index contributed by atoms with van der Waals surface area (Å²) in [5.41, 5.74) is 0. The van der Waals surface area contributed by atoms with Crippen molar-refractivity contribution in [2.24, 2.45) is 5.92 Å². The number of nitrogens with zero attached hydrogens (tertiary/aromatic N) is 1. The summed E-state index contributed by atoms with van der Waals surface area (Å²) >= 11 is 0. The SMILES string of the molecule is CC(=O)C1CC2CNCCC2N1C. The Bertz CT molecular complexity index is 217. The van der Waals surface area contributed by atoms with Gasteiger partial charge in [0.25, 0.3) is 0 Å². The first kappa shape index (κ1) is 9.16. The third-order valence-corrected chi connectivity index (χ3v) is 3.58. The Labute approximate surface area is 79.5 Å². The fraction of sp³-hybridized carbons (Fsp3) is 0.900. The number of ketones is 1. The summed E-state index contributed by atoms with van der Waals surface area (Å²) in [6, 6.07) is 0.838. The number of fused-ring (bicyclic) bond motifs is 1. The Morgan fingerprint density at radius 1 is 1.54 bits per heavy atom. The van der Waals surface area contributed by atoms with Gasteiger partial charge in [0, 0.05) is 6.04 Å². The number of carbonyl (C=O) groups excluding carboxylic acids is 1. The van der Waals surface area contributed by atoms with E-state index in [1.54, 1.807) is 6.92 Å². The largest absolute Gasteiger partial charge is 0.316 e. The van der Waals surface area contributed by atoms with Crippen molar-refractivity contribution in [1.29, 1.82) is 0 Å². The van der Waals surface area contributed by atoms with Crippen molar-refractivity contribution in [3.63, 3.8) is 0 Å². The third kappa shape index (κ3) is 1.51. The maximum Gasteiger partial charge on any atom is 0.146 e. The highest BCUT2D eigenvalue weighted by Gasteiger charge is 2.41. The maximum atomic E-state index is 11.3. The van der Waals surface area contributed by atoms with E-state index < -0.39 is 0 Å². The van der Waals surface area contributed by atoms with Gasteiger partial charge in [0.15, 0.2) is 0 Å². The molecule has 3 unspecified atom stereocenters. The molecule has 74 valence electrons. The van der Waals surface area contributed by atoms with E-state index in [2.05, 4.69) is 17.3 Å². The normalized spacial score (nSPS) is 40.3. The number of hydrogen-bond acceptors (Lipinski definition) is 3. The number of likely N-dealkylation sites (tertiary alicyclic amines) is 1. The van der Waals surface area contributed by atoms with Gasteiger partial charge in [-0.05, 0) is 45.8 Å². The highest BCUT2D eigenvalue weighted by Crippen LogP contribution is 2.32. The van der Waals surface area contributed by atoms with E-state index in [0.29, 0.717) is 17.7 Å². The van der Waals surface area contributed by atoms with Gasteiger partial charge in [-0.25, -0.2) is 0 Å². The van der Waals surface area contributed by atoms with Crippen LogP contribution in [0.3, 0.4) is 0 Å². The molecule has 2 aliphatic heterocycles. The molecule has 0 aliphatic carbocycles. The van der Waals surface area contributed by atoms with Crippen molar-refractivity contribution < 1.29 is 4.79 Å². The molecule has 3 atom stereocenters. The first-order valence-corrected chi connectivity index (χ1v) is 5.13. The second-order valence-electron chi connectivity index (χ2n) is 4.35. The van der Waals surface area contributed by atoms with Crippen LogP contribution in [-0.4, -0.2) is 42.9 Å². The number of rotatable bonds is 1. The van der Waals surface area contributed by atoms with Crippen LogP contribution in [0.15, 0.2) is 0 Å². The van der Waals surface area contributed by atoms with E-state index in [1.165, 1.54) is 6.42 Å². The van der Waals surface area contributed by atoms with Crippen LogP contribution in [0.2, 0.25) is 0 Å². The predicted octanol–water partition coefficient (Wildman–Crippen LogP) is 0.258. The van der Waals surface area contributed by atoms with Crippen molar-refractivity contribution in [3.05, 3.63) is 0 Å². The predicted molar refractivity (Wildman–Crippen MR) is 51.6 cm³/mol. The zero-order valence-corrected chi connectivity index (χ0v) is 8.42. The quantitative estimate of drug-likeness (QED) is 0.631. The molecule has 2 aliphatic rings.